The number of aromatic nitrogens is 4. The molecule has 86 valence electrons. The average Bonchev–Trinajstić information content (AvgIpc) is 2.95. The number of nitrogens with one attached hydrogen (secondary N) is 1. The van der Waals surface area contributed by atoms with Crippen LogP contribution in [0.1, 0.15) is 44.3 Å². The summed E-state index contributed by atoms with van der Waals surface area (Å²) in [6.45, 7) is 4.45. The Morgan fingerprint density at radius 3 is 2.81 bits per heavy atom. The number of imidazole rings is 1. The second kappa shape index (κ2) is 4.96. The van der Waals surface area contributed by atoms with Crippen molar-refractivity contribution in [2.24, 2.45) is 0 Å². The van der Waals surface area contributed by atoms with Crippen LogP contribution in [-0.4, -0.2) is 19.7 Å². The van der Waals surface area contributed by atoms with Crippen LogP contribution in [0.25, 0.3) is 0 Å². The highest BCUT2D eigenvalue weighted by Gasteiger charge is 2.10. The standard InChI is InChI=1S/C12H18N4/c1-10(12-5-6-14-15-12)3-4-11(2)16-8-7-13-9-16/h5-11H,3-4H2,1-2H3,(H,14,15). The molecule has 0 bridgehead atoms. The van der Waals surface area contributed by atoms with Crippen molar-refractivity contribution in [3.05, 3.63) is 36.7 Å². The van der Waals surface area contributed by atoms with Crippen LogP contribution in [0.15, 0.2) is 31.0 Å². The molecule has 4 heteroatoms. The van der Waals surface area contributed by atoms with Gasteiger partial charge in [0.2, 0.25) is 0 Å². The number of H-pyrrole nitrogens is 1. The van der Waals surface area contributed by atoms with E-state index in [2.05, 4.69) is 33.6 Å². The quantitative estimate of drug-likeness (QED) is 0.838. The van der Waals surface area contributed by atoms with E-state index in [-0.39, 0.29) is 0 Å². The summed E-state index contributed by atoms with van der Waals surface area (Å²) in [7, 11) is 0. The summed E-state index contributed by atoms with van der Waals surface area (Å²) in [6.07, 6.45) is 9.84. The van der Waals surface area contributed by atoms with E-state index in [4.69, 9.17) is 0 Å². The predicted molar refractivity (Wildman–Crippen MR) is 63.2 cm³/mol. The SMILES string of the molecule is CC(CCC(C)n1ccnc1)c1ccn[nH]1. The van der Waals surface area contributed by atoms with Gasteiger partial charge in [0.25, 0.3) is 0 Å². The van der Waals surface area contributed by atoms with Crippen LogP contribution in [0, 0.1) is 0 Å². The van der Waals surface area contributed by atoms with Crippen molar-refractivity contribution in [1.29, 1.82) is 0 Å². The van der Waals surface area contributed by atoms with Crippen molar-refractivity contribution in [3.8, 4) is 0 Å². The highest BCUT2D eigenvalue weighted by molar-refractivity contribution is 5.03. The van der Waals surface area contributed by atoms with Gasteiger partial charge in [0.1, 0.15) is 0 Å². The summed E-state index contributed by atoms with van der Waals surface area (Å²) in [5, 5.41) is 7.01. The molecule has 16 heavy (non-hydrogen) atoms. The number of hydrogen-bond acceptors (Lipinski definition) is 2. The van der Waals surface area contributed by atoms with Crippen molar-refractivity contribution < 1.29 is 0 Å². The lowest BCUT2D eigenvalue weighted by atomic mass is 9.99. The van der Waals surface area contributed by atoms with Crippen LogP contribution in [-0.2, 0) is 0 Å². The molecule has 0 aliphatic carbocycles. The predicted octanol–water partition coefficient (Wildman–Crippen LogP) is 2.75. The number of aromatic amines is 1. The summed E-state index contributed by atoms with van der Waals surface area (Å²) >= 11 is 0. The maximum atomic E-state index is 4.07. The van der Waals surface area contributed by atoms with Gasteiger partial charge in [-0.15, -0.1) is 0 Å². The molecule has 0 saturated heterocycles. The summed E-state index contributed by atoms with van der Waals surface area (Å²) in [6, 6.07) is 2.56. The lowest BCUT2D eigenvalue weighted by molar-refractivity contribution is 0.463. The molecule has 1 N–H and O–H groups in total. The first-order valence-electron chi connectivity index (χ1n) is 5.74. The molecular weight excluding hydrogens is 200 g/mol. The first-order chi connectivity index (χ1) is 7.77. The molecule has 2 aromatic heterocycles. The van der Waals surface area contributed by atoms with E-state index in [0.29, 0.717) is 12.0 Å². The molecule has 2 rings (SSSR count). The van der Waals surface area contributed by atoms with Gasteiger partial charge in [-0.05, 0) is 31.7 Å². The Morgan fingerprint density at radius 2 is 2.19 bits per heavy atom. The minimum absolute atomic E-state index is 0.507. The summed E-state index contributed by atoms with van der Waals surface area (Å²) in [4.78, 5) is 4.07. The molecule has 0 aromatic carbocycles. The molecule has 0 aliphatic heterocycles. The minimum atomic E-state index is 0.507. The Kier molecular flexibility index (Phi) is 3.39. The van der Waals surface area contributed by atoms with Gasteiger partial charge in [0.15, 0.2) is 0 Å². The lowest BCUT2D eigenvalue weighted by Gasteiger charge is -2.15. The van der Waals surface area contributed by atoms with Crippen LogP contribution in [0.3, 0.4) is 0 Å². The molecular formula is C12H18N4. The Balaban J connectivity index is 1.84. The van der Waals surface area contributed by atoms with Gasteiger partial charge in [-0.1, -0.05) is 6.92 Å². The van der Waals surface area contributed by atoms with Gasteiger partial charge in [-0.3, -0.25) is 5.10 Å². The van der Waals surface area contributed by atoms with Crippen molar-refractivity contribution in [1.82, 2.24) is 19.7 Å². The zero-order valence-electron chi connectivity index (χ0n) is 9.80. The molecule has 2 aromatic rings. The number of nitrogens with zero attached hydrogens (tertiary/aromatic N) is 3. The van der Waals surface area contributed by atoms with Crippen LogP contribution in [0.2, 0.25) is 0 Å². The van der Waals surface area contributed by atoms with Gasteiger partial charge in [-0.2, -0.15) is 5.10 Å². The topological polar surface area (TPSA) is 46.5 Å². The first kappa shape index (κ1) is 10.9. The Hall–Kier alpha value is -1.58. The molecule has 2 atom stereocenters. The fourth-order valence-electron chi connectivity index (χ4n) is 1.87. The highest BCUT2D eigenvalue weighted by Crippen LogP contribution is 2.22. The fourth-order valence-corrected chi connectivity index (χ4v) is 1.87. The van der Waals surface area contributed by atoms with Crippen molar-refractivity contribution >= 4 is 0 Å². The molecule has 0 fully saturated rings. The molecule has 0 saturated carbocycles. The third kappa shape index (κ3) is 2.51. The fraction of sp³-hybridized carbons (Fsp3) is 0.500. The van der Waals surface area contributed by atoms with E-state index in [1.807, 2.05) is 31.0 Å². The van der Waals surface area contributed by atoms with Crippen LogP contribution in [0.5, 0.6) is 0 Å². The highest BCUT2D eigenvalue weighted by atomic mass is 15.1. The summed E-state index contributed by atoms with van der Waals surface area (Å²) in [5.41, 5.74) is 1.22. The summed E-state index contributed by atoms with van der Waals surface area (Å²) in [5.74, 6) is 0.536. The third-order valence-electron chi connectivity index (χ3n) is 3.10. The van der Waals surface area contributed by atoms with E-state index < -0.39 is 0 Å². The molecule has 0 spiro atoms. The van der Waals surface area contributed by atoms with Crippen molar-refractivity contribution in [2.75, 3.05) is 0 Å². The molecule has 0 amide bonds. The molecule has 4 nitrogen and oxygen atoms in total. The van der Waals surface area contributed by atoms with E-state index in [0.717, 1.165) is 12.8 Å². The van der Waals surface area contributed by atoms with E-state index in [9.17, 15) is 0 Å². The number of hydrogen-bond donors (Lipinski definition) is 1. The maximum Gasteiger partial charge on any atom is 0.0948 e. The van der Waals surface area contributed by atoms with Gasteiger partial charge < -0.3 is 4.57 Å². The van der Waals surface area contributed by atoms with Gasteiger partial charge in [-0.25, -0.2) is 4.98 Å². The van der Waals surface area contributed by atoms with E-state index >= 15 is 0 Å². The molecule has 0 radical (unpaired) electrons. The Morgan fingerprint density at radius 1 is 1.31 bits per heavy atom. The van der Waals surface area contributed by atoms with Crippen LogP contribution >= 0.6 is 0 Å². The molecule has 2 unspecified atom stereocenters. The first-order valence-corrected chi connectivity index (χ1v) is 5.74. The Bertz CT molecular complexity index is 350. The second-order valence-corrected chi connectivity index (χ2v) is 4.35. The van der Waals surface area contributed by atoms with Crippen LogP contribution < -0.4 is 0 Å². The second-order valence-electron chi connectivity index (χ2n) is 4.35. The zero-order chi connectivity index (χ0) is 11.4. The largest absolute Gasteiger partial charge is 0.335 e. The van der Waals surface area contributed by atoms with Crippen molar-refractivity contribution in [2.45, 2.75) is 38.6 Å². The lowest BCUT2D eigenvalue weighted by Crippen LogP contribution is -2.04. The smallest absolute Gasteiger partial charge is 0.0948 e. The zero-order valence-corrected chi connectivity index (χ0v) is 9.80. The molecule has 0 aliphatic rings. The van der Waals surface area contributed by atoms with E-state index in [1.54, 1.807) is 0 Å². The van der Waals surface area contributed by atoms with Gasteiger partial charge in [0.05, 0.1) is 6.33 Å². The van der Waals surface area contributed by atoms with E-state index in [1.165, 1.54) is 5.69 Å². The molecule has 2 heterocycles. The van der Waals surface area contributed by atoms with Gasteiger partial charge >= 0.3 is 0 Å². The normalized spacial score (nSPS) is 14.9. The third-order valence-corrected chi connectivity index (χ3v) is 3.10. The minimum Gasteiger partial charge on any atom is -0.335 e. The van der Waals surface area contributed by atoms with Gasteiger partial charge in [0, 0.05) is 30.3 Å². The maximum absolute atomic E-state index is 4.07. The van der Waals surface area contributed by atoms with Crippen LogP contribution in [0.4, 0.5) is 0 Å². The Labute approximate surface area is 95.7 Å². The number of rotatable bonds is 5. The average molecular weight is 218 g/mol. The van der Waals surface area contributed by atoms with Crippen molar-refractivity contribution in [3.63, 3.8) is 0 Å². The monoisotopic (exact) mass is 218 g/mol. The summed E-state index contributed by atoms with van der Waals surface area (Å²) < 4.78 is 2.15.